The fourth-order valence-electron chi connectivity index (χ4n) is 5.92. The van der Waals surface area contributed by atoms with E-state index in [0.717, 1.165) is 12.8 Å². The summed E-state index contributed by atoms with van der Waals surface area (Å²) in [4.78, 5) is 54.4. The van der Waals surface area contributed by atoms with Gasteiger partial charge in [-0.1, -0.05) is 53.7 Å². The second-order valence-corrected chi connectivity index (χ2v) is 26.9. The monoisotopic (exact) mass is 732 g/mol. The molecule has 2 aliphatic heterocycles. The predicted octanol–water partition coefficient (Wildman–Crippen LogP) is 5.89. The minimum Gasteiger partial charge on any atom is -0.414 e. The molecule has 12 nitrogen and oxygen atoms in total. The first kappa shape index (κ1) is 40.1. The van der Waals surface area contributed by atoms with Crippen molar-refractivity contribution in [2.24, 2.45) is 11.8 Å². The maximum atomic E-state index is 12.8. The number of hydrogen-bond acceptors (Lipinski definition) is 8. The lowest BCUT2D eigenvalue weighted by atomic mass is 9.94. The zero-order valence-corrected chi connectivity index (χ0v) is 34.2. The standard InChI is InChI=1S/C36H60N4O8Si2/c1-23-19-39(33(43)37-31(23)41)29-17-25(27(47-29)21-45-49(9,10)35(3,4)5)15-13-14-16-26-18-30(40-20-24(2)32(42)38-34(40)44)48-28(26)22-46-50(11,12)36(6,7)8/h13-14,19-20,25-30H,15-18,21-22H2,1-12H3,(H,37,41,43)(H,38,42,44)/b14-13+/t25-,26-,27+,28+,29+,30+/m0/s1. The molecule has 2 saturated heterocycles. The van der Waals surface area contributed by atoms with E-state index in [0.29, 0.717) is 37.2 Å². The van der Waals surface area contributed by atoms with Crippen LogP contribution in [0.1, 0.15) is 90.8 Å². The summed E-state index contributed by atoms with van der Waals surface area (Å²) in [6.45, 7) is 26.3. The van der Waals surface area contributed by atoms with Crippen LogP contribution in [0, 0.1) is 25.7 Å². The number of aromatic nitrogens is 4. The van der Waals surface area contributed by atoms with E-state index in [1.54, 1.807) is 26.2 Å². The lowest BCUT2D eigenvalue weighted by molar-refractivity contribution is -0.0302. The molecule has 2 fully saturated rings. The first-order valence-corrected chi connectivity index (χ1v) is 23.7. The molecule has 6 atom stereocenters. The molecule has 0 saturated carbocycles. The van der Waals surface area contributed by atoms with Crippen LogP contribution in [0.3, 0.4) is 0 Å². The summed E-state index contributed by atoms with van der Waals surface area (Å²) in [5, 5.41) is 0.0800. The van der Waals surface area contributed by atoms with Gasteiger partial charge in [0.2, 0.25) is 0 Å². The van der Waals surface area contributed by atoms with E-state index in [9.17, 15) is 19.2 Å². The van der Waals surface area contributed by atoms with E-state index in [1.807, 2.05) is 0 Å². The fourth-order valence-corrected chi connectivity index (χ4v) is 7.95. The summed E-state index contributed by atoms with van der Waals surface area (Å²) in [6.07, 6.45) is 8.68. The van der Waals surface area contributed by atoms with Gasteiger partial charge in [-0.25, -0.2) is 9.59 Å². The highest BCUT2D eigenvalue weighted by molar-refractivity contribution is 6.74. The smallest absolute Gasteiger partial charge is 0.330 e. The second-order valence-electron chi connectivity index (χ2n) is 17.3. The Kier molecular flexibility index (Phi) is 12.2. The number of nitrogens with one attached hydrogen (secondary N) is 2. The number of nitrogens with zero attached hydrogens (tertiary/aromatic N) is 2. The molecular formula is C36H60N4O8Si2. The minimum atomic E-state index is -2.05. The predicted molar refractivity (Wildman–Crippen MR) is 201 cm³/mol. The molecule has 0 aromatic carbocycles. The van der Waals surface area contributed by atoms with Crippen molar-refractivity contribution in [2.75, 3.05) is 13.2 Å². The van der Waals surface area contributed by atoms with Gasteiger partial charge in [-0.3, -0.25) is 28.7 Å². The summed E-state index contributed by atoms with van der Waals surface area (Å²) < 4.78 is 29.1. The van der Waals surface area contributed by atoms with Crippen LogP contribution in [0.4, 0.5) is 0 Å². The Morgan fingerprint density at radius 2 is 1.04 bits per heavy atom. The van der Waals surface area contributed by atoms with Gasteiger partial charge in [0, 0.05) is 23.5 Å². The molecule has 280 valence electrons. The summed E-state index contributed by atoms with van der Waals surface area (Å²) in [6, 6.07) is 0. The van der Waals surface area contributed by atoms with E-state index >= 15 is 0 Å². The largest absolute Gasteiger partial charge is 0.414 e. The topological polar surface area (TPSA) is 147 Å². The zero-order valence-electron chi connectivity index (χ0n) is 32.2. The third-order valence-corrected chi connectivity index (χ3v) is 20.5. The van der Waals surface area contributed by atoms with Crippen molar-refractivity contribution < 1.29 is 18.3 Å². The van der Waals surface area contributed by atoms with Gasteiger partial charge in [-0.2, -0.15) is 0 Å². The van der Waals surface area contributed by atoms with Gasteiger partial charge < -0.3 is 18.3 Å². The number of ether oxygens (including phenoxy) is 2. The van der Waals surface area contributed by atoms with Crippen molar-refractivity contribution in [1.29, 1.82) is 0 Å². The molecule has 2 N–H and O–H groups in total. The van der Waals surface area contributed by atoms with E-state index < -0.39 is 51.6 Å². The molecule has 4 heterocycles. The van der Waals surface area contributed by atoms with Gasteiger partial charge in [0.25, 0.3) is 11.1 Å². The molecule has 0 bridgehead atoms. The number of aryl methyl sites for hydroxylation is 2. The molecule has 2 aliphatic rings. The number of rotatable bonds is 12. The van der Waals surface area contributed by atoms with E-state index in [2.05, 4.69) is 89.9 Å². The van der Waals surface area contributed by atoms with Crippen molar-refractivity contribution in [2.45, 2.75) is 142 Å². The summed E-state index contributed by atoms with van der Waals surface area (Å²) in [7, 11) is -4.11. The highest BCUT2D eigenvalue weighted by Gasteiger charge is 2.43. The maximum Gasteiger partial charge on any atom is 0.330 e. The molecule has 0 radical (unpaired) electrons. The Labute approximate surface area is 297 Å². The van der Waals surface area contributed by atoms with Crippen molar-refractivity contribution in [3.8, 4) is 0 Å². The molecule has 0 unspecified atom stereocenters. The van der Waals surface area contributed by atoms with Crippen molar-refractivity contribution >= 4 is 16.6 Å². The Morgan fingerprint density at radius 1 is 0.700 bits per heavy atom. The number of allylic oxidation sites excluding steroid dienone is 2. The van der Waals surface area contributed by atoms with Crippen LogP contribution in [0.5, 0.6) is 0 Å². The molecule has 50 heavy (non-hydrogen) atoms. The zero-order chi connectivity index (χ0) is 37.4. The van der Waals surface area contributed by atoms with E-state index in [4.69, 9.17) is 18.3 Å². The van der Waals surface area contributed by atoms with Crippen molar-refractivity contribution in [3.63, 3.8) is 0 Å². The van der Waals surface area contributed by atoms with Gasteiger partial charge in [-0.05, 0) is 87.6 Å². The average Bonchev–Trinajstić information content (AvgIpc) is 3.59. The first-order chi connectivity index (χ1) is 23.0. The van der Waals surface area contributed by atoms with Crippen LogP contribution in [-0.2, 0) is 18.3 Å². The van der Waals surface area contributed by atoms with Gasteiger partial charge in [0.15, 0.2) is 16.6 Å². The summed E-state index contributed by atoms with van der Waals surface area (Å²) >= 11 is 0. The number of aromatic amines is 2. The fraction of sp³-hybridized carbons (Fsp3) is 0.722. The van der Waals surface area contributed by atoms with Gasteiger partial charge in [-0.15, -0.1) is 0 Å². The van der Waals surface area contributed by atoms with Crippen LogP contribution in [-0.4, -0.2) is 61.2 Å². The van der Waals surface area contributed by atoms with Gasteiger partial charge >= 0.3 is 11.4 Å². The molecule has 4 rings (SSSR count). The number of H-pyrrole nitrogens is 2. The Balaban J connectivity index is 1.52. The van der Waals surface area contributed by atoms with Crippen LogP contribution >= 0.6 is 0 Å². The molecule has 0 amide bonds. The Morgan fingerprint density at radius 3 is 1.36 bits per heavy atom. The Bertz CT molecular complexity index is 1630. The van der Waals surface area contributed by atoms with Crippen LogP contribution < -0.4 is 22.5 Å². The quantitative estimate of drug-likeness (QED) is 0.203. The van der Waals surface area contributed by atoms with Crippen LogP contribution in [0.2, 0.25) is 36.3 Å². The normalized spacial score (nSPS) is 25.2. The summed E-state index contributed by atoms with van der Waals surface area (Å²) in [5.41, 5.74) is -0.849. The third-order valence-electron chi connectivity index (χ3n) is 11.5. The van der Waals surface area contributed by atoms with E-state index in [-0.39, 0.29) is 34.1 Å². The first-order valence-electron chi connectivity index (χ1n) is 17.9. The SMILES string of the molecule is Cc1cn([C@H]2C[C@H](C/C=C/C[C@H]3C[C@H](n4cc(C)c(=O)[nH]c4=O)O[C@@H]3CO[Si](C)(C)C(C)(C)C)[C@@H](CO[Si](C)(C)C(C)(C)C)O2)c(=O)[nH]c1=O. The minimum absolute atomic E-state index is 0.0400. The van der Waals surface area contributed by atoms with Crippen molar-refractivity contribution in [1.82, 2.24) is 19.1 Å². The second kappa shape index (κ2) is 15.2. The Hall–Kier alpha value is -2.63. The molecule has 0 spiro atoms. The molecule has 14 heteroatoms. The van der Waals surface area contributed by atoms with Crippen molar-refractivity contribution in [3.05, 3.63) is 77.3 Å². The van der Waals surface area contributed by atoms with Gasteiger partial charge in [0.05, 0.1) is 25.4 Å². The maximum absolute atomic E-state index is 12.8. The van der Waals surface area contributed by atoms with Crippen LogP contribution in [0.25, 0.3) is 0 Å². The van der Waals surface area contributed by atoms with Gasteiger partial charge in [0.1, 0.15) is 12.5 Å². The highest BCUT2D eigenvalue weighted by atomic mass is 28.4. The average molecular weight is 733 g/mol. The van der Waals surface area contributed by atoms with Crippen LogP contribution in [0.15, 0.2) is 43.7 Å². The molecule has 0 aliphatic carbocycles. The lowest BCUT2D eigenvalue weighted by Gasteiger charge is -2.37. The number of hydrogen-bond donors (Lipinski definition) is 2. The molecule has 2 aromatic heterocycles. The lowest BCUT2D eigenvalue weighted by Crippen LogP contribution is -2.43. The third kappa shape index (κ3) is 9.23. The molecular weight excluding hydrogens is 673 g/mol. The highest BCUT2D eigenvalue weighted by Crippen LogP contribution is 2.41. The summed E-state index contributed by atoms with van der Waals surface area (Å²) in [5.74, 6) is 0.182. The van der Waals surface area contributed by atoms with E-state index in [1.165, 1.54) is 9.13 Å². The molecule has 2 aromatic rings.